The van der Waals surface area contributed by atoms with Gasteiger partial charge in [0.1, 0.15) is 11.9 Å². The fourth-order valence-electron chi connectivity index (χ4n) is 2.38. The first-order chi connectivity index (χ1) is 8.18. The summed E-state index contributed by atoms with van der Waals surface area (Å²) in [6.07, 6.45) is 3.38. The third kappa shape index (κ3) is 2.82. The highest BCUT2D eigenvalue weighted by Gasteiger charge is 2.26. The van der Waals surface area contributed by atoms with E-state index in [-0.39, 0.29) is 11.7 Å². The second-order valence-electron chi connectivity index (χ2n) is 4.45. The Balaban J connectivity index is 2.21. The Hall–Kier alpha value is -1.42. The second-order valence-corrected chi connectivity index (χ2v) is 4.45. The van der Waals surface area contributed by atoms with E-state index in [1.54, 1.807) is 12.1 Å². The number of likely N-dealkylation sites (tertiary alicyclic amines) is 1. The van der Waals surface area contributed by atoms with Gasteiger partial charge >= 0.3 is 0 Å². The lowest BCUT2D eigenvalue weighted by Crippen LogP contribution is -2.40. The fraction of sp³-hybridized carbons (Fsp3) is 0.462. The summed E-state index contributed by atoms with van der Waals surface area (Å²) >= 11 is 0. The highest BCUT2D eigenvalue weighted by atomic mass is 19.1. The highest BCUT2D eigenvalue weighted by Crippen LogP contribution is 2.24. The summed E-state index contributed by atoms with van der Waals surface area (Å²) in [7, 11) is 0. The highest BCUT2D eigenvalue weighted by molar-refractivity contribution is 5.81. The molecule has 1 aromatic rings. The molecular formula is C13H17FN2O. The molecule has 0 aromatic heterocycles. The third-order valence-corrected chi connectivity index (χ3v) is 3.21. The minimum absolute atomic E-state index is 0.296. The van der Waals surface area contributed by atoms with Crippen LogP contribution in [0.3, 0.4) is 0 Å². The van der Waals surface area contributed by atoms with Gasteiger partial charge in [-0.3, -0.25) is 9.69 Å². The van der Waals surface area contributed by atoms with Crippen molar-refractivity contribution in [2.45, 2.75) is 25.3 Å². The predicted molar refractivity (Wildman–Crippen MR) is 63.8 cm³/mol. The molecule has 1 heterocycles. The first-order valence-electron chi connectivity index (χ1n) is 5.97. The number of carbonyl (C=O) groups is 1. The molecule has 1 aromatic carbocycles. The molecule has 0 saturated carbocycles. The molecule has 92 valence electrons. The summed E-state index contributed by atoms with van der Waals surface area (Å²) < 4.78 is 12.9. The molecule has 0 bridgehead atoms. The lowest BCUT2D eigenvalue weighted by Gasteiger charge is -2.32. The number of benzene rings is 1. The van der Waals surface area contributed by atoms with Gasteiger partial charge in [-0.25, -0.2) is 4.39 Å². The molecule has 1 fully saturated rings. The van der Waals surface area contributed by atoms with Crippen molar-refractivity contribution in [2.75, 3.05) is 13.1 Å². The number of amides is 1. The number of halogens is 1. The van der Waals surface area contributed by atoms with Crippen molar-refractivity contribution in [3.63, 3.8) is 0 Å². The van der Waals surface area contributed by atoms with E-state index in [0.717, 1.165) is 31.5 Å². The number of nitrogens with zero attached hydrogens (tertiary/aromatic N) is 1. The number of piperidine rings is 1. The molecule has 0 spiro atoms. The van der Waals surface area contributed by atoms with E-state index >= 15 is 0 Å². The maximum atomic E-state index is 12.9. The van der Waals surface area contributed by atoms with Crippen LogP contribution in [-0.4, -0.2) is 23.9 Å². The van der Waals surface area contributed by atoms with Gasteiger partial charge in [0, 0.05) is 0 Å². The van der Waals surface area contributed by atoms with Crippen LogP contribution in [0.5, 0.6) is 0 Å². The first-order valence-corrected chi connectivity index (χ1v) is 5.97. The molecule has 1 aliphatic rings. The van der Waals surface area contributed by atoms with E-state index in [0.29, 0.717) is 0 Å². The molecule has 4 heteroatoms. The SMILES string of the molecule is NC(=O)[C@@H](c1ccc(F)cc1)N1CCCCC1. The van der Waals surface area contributed by atoms with Gasteiger partial charge in [0.05, 0.1) is 0 Å². The summed E-state index contributed by atoms with van der Waals surface area (Å²) in [6.45, 7) is 1.76. The normalized spacial score (nSPS) is 18.9. The van der Waals surface area contributed by atoms with Gasteiger partial charge in [-0.1, -0.05) is 18.6 Å². The van der Waals surface area contributed by atoms with E-state index in [9.17, 15) is 9.18 Å². The van der Waals surface area contributed by atoms with Gasteiger partial charge in [-0.05, 0) is 43.6 Å². The molecule has 3 nitrogen and oxygen atoms in total. The van der Waals surface area contributed by atoms with Crippen LogP contribution in [0.2, 0.25) is 0 Å². The van der Waals surface area contributed by atoms with Crippen LogP contribution < -0.4 is 5.73 Å². The molecule has 2 N–H and O–H groups in total. The van der Waals surface area contributed by atoms with Gasteiger partial charge < -0.3 is 5.73 Å². The van der Waals surface area contributed by atoms with Crippen molar-refractivity contribution in [1.29, 1.82) is 0 Å². The monoisotopic (exact) mass is 236 g/mol. The van der Waals surface area contributed by atoms with Crippen molar-refractivity contribution in [2.24, 2.45) is 5.73 Å². The average Bonchev–Trinajstić information content (AvgIpc) is 2.33. The molecule has 1 aliphatic heterocycles. The Morgan fingerprint density at radius 3 is 2.29 bits per heavy atom. The van der Waals surface area contributed by atoms with Gasteiger partial charge in [0.2, 0.25) is 5.91 Å². The summed E-state index contributed by atoms with van der Waals surface area (Å²) in [5.41, 5.74) is 6.24. The lowest BCUT2D eigenvalue weighted by atomic mass is 10.0. The summed E-state index contributed by atoms with van der Waals surface area (Å²) in [4.78, 5) is 13.7. The molecule has 1 amide bonds. The Bertz CT molecular complexity index is 385. The van der Waals surface area contributed by atoms with Crippen LogP contribution in [0.15, 0.2) is 24.3 Å². The van der Waals surface area contributed by atoms with E-state index in [1.165, 1.54) is 18.6 Å². The Morgan fingerprint density at radius 2 is 1.76 bits per heavy atom. The van der Waals surface area contributed by atoms with Crippen molar-refractivity contribution < 1.29 is 9.18 Å². The minimum atomic E-state index is -0.420. The topological polar surface area (TPSA) is 46.3 Å². The largest absolute Gasteiger partial charge is 0.368 e. The Labute approximate surface area is 100 Å². The van der Waals surface area contributed by atoms with Crippen molar-refractivity contribution in [3.8, 4) is 0 Å². The van der Waals surface area contributed by atoms with Gasteiger partial charge in [-0.2, -0.15) is 0 Å². The van der Waals surface area contributed by atoms with E-state index in [1.807, 2.05) is 0 Å². The zero-order valence-electron chi connectivity index (χ0n) is 9.73. The van der Waals surface area contributed by atoms with Gasteiger partial charge in [0.15, 0.2) is 0 Å². The van der Waals surface area contributed by atoms with Gasteiger partial charge in [0.25, 0.3) is 0 Å². The maximum Gasteiger partial charge on any atom is 0.239 e. The first kappa shape index (κ1) is 12.0. The number of primary amides is 1. The standard InChI is InChI=1S/C13H17FN2O/c14-11-6-4-10(5-7-11)12(13(15)17)16-8-2-1-3-9-16/h4-7,12H,1-3,8-9H2,(H2,15,17)/t12-/m1/s1. The molecular weight excluding hydrogens is 219 g/mol. The quantitative estimate of drug-likeness (QED) is 0.870. The average molecular weight is 236 g/mol. The van der Waals surface area contributed by atoms with E-state index < -0.39 is 6.04 Å². The van der Waals surface area contributed by atoms with E-state index in [4.69, 9.17) is 5.73 Å². The number of hydrogen-bond acceptors (Lipinski definition) is 2. The Kier molecular flexibility index (Phi) is 3.74. The van der Waals surface area contributed by atoms with Crippen molar-refractivity contribution >= 4 is 5.91 Å². The number of hydrogen-bond donors (Lipinski definition) is 1. The second kappa shape index (κ2) is 5.27. The zero-order chi connectivity index (χ0) is 12.3. The van der Waals surface area contributed by atoms with Crippen LogP contribution in [0, 0.1) is 5.82 Å². The minimum Gasteiger partial charge on any atom is -0.368 e. The summed E-state index contributed by atoms with van der Waals surface area (Å²) in [5, 5.41) is 0. The number of carbonyl (C=O) groups excluding carboxylic acids is 1. The molecule has 0 radical (unpaired) electrons. The van der Waals surface area contributed by atoms with Crippen LogP contribution in [-0.2, 0) is 4.79 Å². The molecule has 0 unspecified atom stereocenters. The number of rotatable bonds is 3. The van der Waals surface area contributed by atoms with Crippen LogP contribution in [0.4, 0.5) is 4.39 Å². The predicted octanol–water partition coefficient (Wildman–Crippen LogP) is 1.84. The smallest absolute Gasteiger partial charge is 0.239 e. The lowest BCUT2D eigenvalue weighted by molar-refractivity contribution is -0.123. The number of nitrogens with two attached hydrogens (primary N) is 1. The Morgan fingerprint density at radius 1 is 1.18 bits per heavy atom. The van der Waals surface area contributed by atoms with E-state index in [2.05, 4.69) is 4.90 Å². The maximum absolute atomic E-state index is 12.9. The fourth-order valence-corrected chi connectivity index (χ4v) is 2.38. The molecule has 0 aliphatic carbocycles. The van der Waals surface area contributed by atoms with Crippen LogP contribution >= 0.6 is 0 Å². The summed E-state index contributed by atoms with van der Waals surface area (Å²) in [5.74, 6) is -0.658. The van der Waals surface area contributed by atoms with Crippen LogP contribution in [0.1, 0.15) is 30.9 Å². The van der Waals surface area contributed by atoms with Crippen molar-refractivity contribution in [3.05, 3.63) is 35.6 Å². The molecule has 17 heavy (non-hydrogen) atoms. The zero-order valence-corrected chi connectivity index (χ0v) is 9.73. The third-order valence-electron chi connectivity index (χ3n) is 3.21. The van der Waals surface area contributed by atoms with Gasteiger partial charge in [-0.15, -0.1) is 0 Å². The summed E-state index contributed by atoms with van der Waals surface area (Å²) in [6, 6.07) is 5.60. The van der Waals surface area contributed by atoms with Crippen LogP contribution in [0.25, 0.3) is 0 Å². The van der Waals surface area contributed by atoms with Crippen molar-refractivity contribution in [1.82, 2.24) is 4.90 Å². The molecule has 2 rings (SSSR count). The molecule has 1 atom stereocenters. The molecule has 1 saturated heterocycles.